The number of hydrogen-bond acceptors (Lipinski definition) is 2. The Balaban J connectivity index is 2.10. The van der Waals surface area contributed by atoms with Gasteiger partial charge in [0.25, 0.3) is 0 Å². The van der Waals surface area contributed by atoms with Crippen LogP contribution in [-0.2, 0) is 5.60 Å². The van der Waals surface area contributed by atoms with Crippen molar-refractivity contribution in [3.05, 3.63) is 21.9 Å². The zero-order valence-electron chi connectivity index (χ0n) is 8.92. The fourth-order valence-corrected chi connectivity index (χ4v) is 3.14. The predicted octanol–water partition coefficient (Wildman–Crippen LogP) is 3.45. The van der Waals surface area contributed by atoms with Crippen molar-refractivity contribution in [1.82, 2.24) is 0 Å². The van der Waals surface area contributed by atoms with Crippen LogP contribution in [0, 0.1) is 12.8 Å². The van der Waals surface area contributed by atoms with Crippen LogP contribution in [0.25, 0.3) is 0 Å². The molecular weight excluding hydrogens is 192 g/mol. The van der Waals surface area contributed by atoms with Gasteiger partial charge in [-0.3, -0.25) is 0 Å². The van der Waals surface area contributed by atoms with Crippen LogP contribution < -0.4 is 0 Å². The highest BCUT2D eigenvalue weighted by Gasteiger charge is 2.31. The second kappa shape index (κ2) is 3.67. The first-order chi connectivity index (χ1) is 6.59. The number of hydrogen-bond donors (Lipinski definition) is 1. The summed E-state index contributed by atoms with van der Waals surface area (Å²) in [6.07, 6.45) is 4.90. The maximum absolute atomic E-state index is 10.4. The summed E-state index contributed by atoms with van der Waals surface area (Å²) < 4.78 is 0. The molecule has 1 nitrogen and oxygen atoms in total. The highest BCUT2D eigenvalue weighted by molar-refractivity contribution is 7.10. The van der Waals surface area contributed by atoms with Gasteiger partial charge in [-0.2, -0.15) is 0 Å². The van der Waals surface area contributed by atoms with Crippen molar-refractivity contribution in [2.75, 3.05) is 0 Å². The molecule has 1 atom stereocenters. The van der Waals surface area contributed by atoms with Gasteiger partial charge in [0.1, 0.15) is 0 Å². The summed E-state index contributed by atoms with van der Waals surface area (Å²) in [6.45, 7) is 4.05. The molecule has 0 saturated heterocycles. The molecule has 0 aromatic carbocycles. The lowest BCUT2D eigenvalue weighted by Gasteiger charge is -2.33. The second-order valence-electron chi connectivity index (χ2n) is 4.67. The molecule has 1 saturated carbocycles. The van der Waals surface area contributed by atoms with Gasteiger partial charge >= 0.3 is 0 Å². The molecule has 0 amide bonds. The first-order valence-electron chi connectivity index (χ1n) is 5.36. The third-order valence-corrected chi connectivity index (χ3v) is 4.20. The van der Waals surface area contributed by atoms with Gasteiger partial charge in [0.2, 0.25) is 0 Å². The average Bonchev–Trinajstić information content (AvgIpc) is 2.45. The highest BCUT2D eigenvalue weighted by Crippen LogP contribution is 2.39. The van der Waals surface area contributed by atoms with Gasteiger partial charge in [0.15, 0.2) is 0 Å². The Morgan fingerprint density at radius 1 is 1.57 bits per heavy atom. The van der Waals surface area contributed by atoms with Crippen LogP contribution in [0.5, 0.6) is 0 Å². The molecule has 1 aromatic rings. The van der Waals surface area contributed by atoms with Crippen molar-refractivity contribution in [1.29, 1.82) is 0 Å². The Bertz CT molecular complexity index is 310. The molecule has 1 N–H and O–H groups in total. The Morgan fingerprint density at radius 2 is 2.29 bits per heavy atom. The van der Waals surface area contributed by atoms with Crippen LogP contribution in [0.3, 0.4) is 0 Å². The third-order valence-electron chi connectivity index (χ3n) is 3.35. The van der Waals surface area contributed by atoms with E-state index < -0.39 is 5.60 Å². The van der Waals surface area contributed by atoms with Gasteiger partial charge < -0.3 is 5.11 Å². The quantitative estimate of drug-likeness (QED) is 0.810. The summed E-state index contributed by atoms with van der Waals surface area (Å²) in [5.74, 6) is 0.754. The Kier molecular flexibility index (Phi) is 2.67. The van der Waals surface area contributed by atoms with Crippen LogP contribution in [0.4, 0.5) is 0 Å². The molecular formula is C12H18OS. The molecule has 14 heavy (non-hydrogen) atoms. The monoisotopic (exact) mass is 210 g/mol. The highest BCUT2D eigenvalue weighted by atomic mass is 32.1. The van der Waals surface area contributed by atoms with Crippen LogP contribution in [-0.4, -0.2) is 5.11 Å². The Labute approximate surface area is 89.8 Å². The molecule has 1 unspecified atom stereocenters. The Morgan fingerprint density at radius 3 is 2.71 bits per heavy atom. The summed E-state index contributed by atoms with van der Waals surface area (Å²) >= 11 is 1.72. The maximum Gasteiger partial charge on any atom is 0.0881 e. The van der Waals surface area contributed by atoms with Crippen molar-refractivity contribution in [2.24, 2.45) is 5.92 Å². The molecule has 78 valence electrons. The molecule has 0 bridgehead atoms. The zero-order chi connectivity index (χ0) is 10.2. The van der Waals surface area contributed by atoms with E-state index in [-0.39, 0.29) is 0 Å². The van der Waals surface area contributed by atoms with E-state index in [9.17, 15) is 5.11 Å². The van der Waals surface area contributed by atoms with Crippen molar-refractivity contribution in [2.45, 2.75) is 45.1 Å². The summed E-state index contributed by atoms with van der Waals surface area (Å²) in [7, 11) is 0. The van der Waals surface area contributed by atoms with Gasteiger partial charge in [-0.25, -0.2) is 0 Å². The van der Waals surface area contributed by atoms with E-state index in [2.05, 4.69) is 18.4 Å². The SMILES string of the molecule is Cc1sccc1C(C)(O)CC1CCC1. The molecule has 0 aliphatic heterocycles. The minimum absolute atomic E-state index is 0.602. The van der Waals surface area contributed by atoms with Crippen molar-refractivity contribution < 1.29 is 5.11 Å². The first-order valence-corrected chi connectivity index (χ1v) is 6.24. The smallest absolute Gasteiger partial charge is 0.0881 e. The predicted molar refractivity (Wildman–Crippen MR) is 60.6 cm³/mol. The standard InChI is InChI=1S/C12H18OS/c1-9-11(6-7-14-9)12(2,13)8-10-4-3-5-10/h6-7,10,13H,3-5,8H2,1-2H3. The van der Waals surface area contributed by atoms with Crippen molar-refractivity contribution >= 4 is 11.3 Å². The molecule has 1 aliphatic rings. The van der Waals surface area contributed by atoms with Gasteiger partial charge in [-0.05, 0) is 43.2 Å². The molecule has 0 radical (unpaired) electrons. The molecule has 0 spiro atoms. The topological polar surface area (TPSA) is 20.2 Å². The first kappa shape index (κ1) is 10.2. The van der Waals surface area contributed by atoms with Crippen molar-refractivity contribution in [3.8, 4) is 0 Å². The van der Waals surface area contributed by atoms with E-state index in [0.717, 1.165) is 17.9 Å². The lowest BCUT2D eigenvalue weighted by molar-refractivity contribution is 0.0161. The van der Waals surface area contributed by atoms with E-state index in [0.29, 0.717) is 0 Å². The summed E-state index contributed by atoms with van der Waals surface area (Å²) in [5.41, 5.74) is 0.532. The fraction of sp³-hybridized carbons (Fsp3) is 0.667. The van der Waals surface area contributed by atoms with E-state index in [4.69, 9.17) is 0 Å². The van der Waals surface area contributed by atoms with Crippen LogP contribution in [0.2, 0.25) is 0 Å². The average molecular weight is 210 g/mol. The minimum atomic E-state index is -0.602. The van der Waals surface area contributed by atoms with Crippen LogP contribution in [0.1, 0.15) is 43.0 Å². The number of aryl methyl sites for hydroxylation is 1. The van der Waals surface area contributed by atoms with Gasteiger partial charge in [0, 0.05) is 4.88 Å². The molecule has 1 heterocycles. The third kappa shape index (κ3) is 1.86. The number of rotatable bonds is 3. The molecule has 1 aromatic heterocycles. The molecule has 2 heteroatoms. The summed E-state index contributed by atoms with van der Waals surface area (Å²) in [4.78, 5) is 1.26. The van der Waals surface area contributed by atoms with Crippen LogP contribution >= 0.6 is 11.3 Å². The van der Waals surface area contributed by atoms with Crippen molar-refractivity contribution in [3.63, 3.8) is 0 Å². The van der Waals surface area contributed by atoms with E-state index >= 15 is 0 Å². The Hall–Kier alpha value is -0.340. The van der Waals surface area contributed by atoms with Gasteiger partial charge in [0.05, 0.1) is 5.60 Å². The molecule has 1 aliphatic carbocycles. The van der Waals surface area contributed by atoms with E-state index in [1.165, 1.54) is 24.1 Å². The largest absolute Gasteiger partial charge is 0.385 e. The molecule has 1 fully saturated rings. The minimum Gasteiger partial charge on any atom is -0.385 e. The summed E-state index contributed by atoms with van der Waals surface area (Å²) in [5, 5.41) is 12.5. The van der Waals surface area contributed by atoms with Gasteiger partial charge in [-0.15, -0.1) is 11.3 Å². The summed E-state index contributed by atoms with van der Waals surface area (Å²) in [6, 6.07) is 2.07. The van der Waals surface area contributed by atoms with Crippen LogP contribution in [0.15, 0.2) is 11.4 Å². The lowest BCUT2D eigenvalue weighted by Crippen LogP contribution is -2.28. The normalized spacial score (nSPS) is 21.6. The maximum atomic E-state index is 10.4. The molecule has 2 rings (SSSR count). The van der Waals surface area contributed by atoms with E-state index in [1.807, 2.05) is 6.92 Å². The second-order valence-corrected chi connectivity index (χ2v) is 5.79. The number of aliphatic hydroxyl groups is 1. The number of thiophene rings is 1. The van der Waals surface area contributed by atoms with E-state index in [1.54, 1.807) is 11.3 Å². The zero-order valence-corrected chi connectivity index (χ0v) is 9.73. The lowest BCUT2D eigenvalue weighted by atomic mass is 9.76. The fourth-order valence-electron chi connectivity index (χ4n) is 2.31. The van der Waals surface area contributed by atoms with Gasteiger partial charge in [-0.1, -0.05) is 19.3 Å².